The van der Waals surface area contributed by atoms with Crippen molar-refractivity contribution in [2.24, 2.45) is 0 Å². The van der Waals surface area contributed by atoms with Gasteiger partial charge in [0, 0.05) is 6.54 Å². The molecule has 110 valence electrons. The standard InChI is InChI=1S/C15H21NO4/c1-15(14(18)19)7-3-4-8-16(15)10-11-5-6-12(17)13(9-11)20-2/h5-6,9,17H,3-4,7-8,10H2,1-2H3,(H,18,19). The van der Waals surface area contributed by atoms with Gasteiger partial charge < -0.3 is 14.9 Å². The van der Waals surface area contributed by atoms with E-state index in [-0.39, 0.29) is 5.75 Å². The van der Waals surface area contributed by atoms with Crippen molar-refractivity contribution in [2.45, 2.75) is 38.3 Å². The number of piperidine rings is 1. The number of nitrogens with zero attached hydrogens (tertiary/aromatic N) is 1. The topological polar surface area (TPSA) is 70.0 Å². The van der Waals surface area contributed by atoms with Crippen molar-refractivity contribution < 1.29 is 19.7 Å². The summed E-state index contributed by atoms with van der Waals surface area (Å²) in [7, 11) is 1.50. The number of methoxy groups -OCH3 is 1. The van der Waals surface area contributed by atoms with E-state index in [2.05, 4.69) is 0 Å². The molecular formula is C15H21NO4. The monoisotopic (exact) mass is 279 g/mol. The van der Waals surface area contributed by atoms with Crippen molar-refractivity contribution in [3.63, 3.8) is 0 Å². The van der Waals surface area contributed by atoms with Gasteiger partial charge in [0.15, 0.2) is 11.5 Å². The minimum Gasteiger partial charge on any atom is -0.504 e. The van der Waals surface area contributed by atoms with Gasteiger partial charge in [-0.15, -0.1) is 0 Å². The van der Waals surface area contributed by atoms with Crippen LogP contribution >= 0.6 is 0 Å². The number of likely N-dealkylation sites (tertiary alicyclic amines) is 1. The molecule has 2 N–H and O–H groups in total. The largest absolute Gasteiger partial charge is 0.504 e. The van der Waals surface area contributed by atoms with E-state index in [0.717, 1.165) is 24.9 Å². The lowest BCUT2D eigenvalue weighted by atomic mass is 9.88. The number of carbonyl (C=O) groups is 1. The summed E-state index contributed by atoms with van der Waals surface area (Å²) in [5.41, 5.74) is 0.123. The summed E-state index contributed by atoms with van der Waals surface area (Å²) in [4.78, 5) is 13.5. The molecule has 1 unspecified atom stereocenters. The van der Waals surface area contributed by atoms with Crippen LogP contribution in [0.25, 0.3) is 0 Å². The molecule has 2 rings (SSSR count). The van der Waals surface area contributed by atoms with E-state index in [1.165, 1.54) is 7.11 Å². The number of aliphatic carboxylic acids is 1. The third-order valence-corrected chi connectivity index (χ3v) is 4.12. The Morgan fingerprint density at radius 2 is 2.20 bits per heavy atom. The molecule has 1 heterocycles. The van der Waals surface area contributed by atoms with Crippen LogP contribution in [0, 0.1) is 0 Å². The molecular weight excluding hydrogens is 258 g/mol. The smallest absolute Gasteiger partial charge is 0.323 e. The Hall–Kier alpha value is -1.75. The summed E-state index contributed by atoms with van der Waals surface area (Å²) in [6.45, 7) is 3.09. The number of hydrogen-bond donors (Lipinski definition) is 2. The predicted octanol–water partition coefficient (Wildman–Crippen LogP) is 2.23. The maximum absolute atomic E-state index is 11.5. The minimum atomic E-state index is -0.816. The van der Waals surface area contributed by atoms with Crippen molar-refractivity contribution >= 4 is 5.97 Å². The third kappa shape index (κ3) is 2.72. The molecule has 0 radical (unpaired) electrons. The molecule has 0 aromatic heterocycles. The lowest BCUT2D eigenvalue weighted by Crippen LogP contribution is -2.54. The second-order valence-corrected chi connectivity index (χ2v) is 5.46. The van der Waals surface area contributed by atoms with Crippen LogP contribution in [0.4, 0.5) is 0 Å². The highest BCUT2D eigenvalue weighted by molar-refractivity contribution is 5.78. The average Bonchev–Trinajstić information content (AvgIpc) is 2.43. The van der Waals surface area contributed by atoms with Crippen molar-refractivity contribution in [2.75, 3.05) is 13.7 Å². The lowest BCUT2D eigenvalue weighted by molar-refractivity contribution is -0.153. The van der Waals surface area contributed by atoms with Gasteiger partial charge in [0.05, 0.1) is 7.11 Å². The van der Waals surface area contributed by atoms with Gasteiger partial charge in [0.2, 0.25) is 0 Å². The highest BCUT2D eigenvalue weighted by atomic mass is 16.5. The summed E-state index contributed by atoms with van der Waals surface area (Å²) >= 11 is 0. The van der Waals surface area contributed by atoms with Crippen LogP contribution in [0.2, 0.25) is 0 Å². The summed E-state index contributed by atoms with van der Waals surface area (Å²) < 4.78 is 5.09. The highest BCUT2D eigenvalue weighted by Crippen LogP contribution is 2.32. The SMILES string of the molecule is COc1cc(CN2CCCCC2(C)C(=O)O)ccc1O. The van der Waals surface area contributed by atoms with Gasteiger partial charge in [-0.25, -0.2) is 0 Å². The zero-order valence-corrected chi connectivity index (χ0v) is 11.9. The van der Waals surface area contributed by atoms with Crippen molar-refractivity contribution in [1.29, 1.82) is 0 Å². The van der Waals surface area contributed by atoms with E-state index in [9.17, 15) is 15.0 Å². The number of hydrogen-bond acceptors (Lipinski definition) is 4. The van der Waals surface area contributed by atoms with Gasteiger partial charge in [-0.1, -0.05) is 6.07 Å². The summed E-state index contributed by atoms with van der Waals surface area (Å²) in [6, 6.07) is 5.14. The second-order valence-electron chi connectivity index (χ2n) is 5.46. The van der Waals surface area contributed by atoms with Gasteiger partial charge in [0.25, 0.3) is 0 Å². The number of carboxylic acid groups (broad SMARTS) is 1. The van der Waals surface area contributed by atoms with Crippen LogP contribution in [0.5, 0.6) is 11.5 Å². The first-order valence-corrected chi connectivity index (χ1v) is 6.81. The van der Waals surface area contributed by atoms with E-state index < -0.39 is 11.5 Å². The molecule has 0 amide bonds. The van der Waals surface area contributed by atoms with Crippen LogP contribution in [-0.4, -0.2) is 40.3 Å². The number of ether oxygens (including phenoxy) is 1. The van der Waals surface area contributed by atoms with Gasteiger partial charge >= 0.3 is 5.97 Å². The van der Waals surface area contributed by atoms with E-state index in [1.807, 2.05) is 4.90 Å². The fourth-order valence-electron chi connectivity index (χ4n) is 2.71. The minimum absolute atomic E-state index is 0.0934. The molecule has 1 aromatic carbocycles. The Labute approximate surface area is 118 Å². The molecule has 5 nitrogen and oxygen atoms in total. The van der Waals surface area contributed by atoms with Gasteiger partial charge in [-0.05, 0) is 50.4 Å². The molecule has 0 spiro atoms. The molecule has 1 atom stereocenters. The first-order chi connectivity index (χ1) is 9.47. The molecule has 1 fully saturated rings. The maximum atomic E-state index is 11.5. The Balaban J connectivity index is 2.21. The summed E-state index contributed by atoms with van der Waals surface area (Å²) in [6.07, 6.45) is 2.62. The van der Waals surface area contributed by atoms with Crippen LogP contribution in [0.3, 0.4) is 0 Å². The van der Waals surface area contributed by atoms with Gasteiger partial charge in [0.1, 0.15) is 5.54 Å². The van der Waals surface area contributed by atoms with Crippen molar-refractivity contribution in [1.82, 2.24) is 4.90 Å². The quantitative estimate of drug-likeness (QED) is 0.884. The van der Waals surface area contributed by atoms with Crippen LogP contribution in [-0.2, 0) is 11.3 Å². The molecule has 0 aliphatic carbocycles. The van der Waals surface area contributed by atoms with Crippen LogP contribution in [0.1, 0.15) is 31.7 Å². The lowest BCUT2D eigenvalue weighted by Gasteiger charge is -2.41. The summed E-state index contributed by atoms with van der Waals surface area (Å²) in [5, 5.41) is 19.1. The average molecular weight is 279 g/mol. The molecule has 20 heavy (non-hydrogen) atoms. The molecule has 0 bridgehead atoms. The molecule has 1 saturated heterocycles. The number of aromatic hydroxyl groups is 1. The Morgan fingerprint density at radius 1 is 1.45 bits per heavy atom. The number of phenolic OH excluding ortho intramolecular Hbond substituents is 1. The zero-order valence-electron chi connectivity index (χ0n) is 11.9. The van der Waals surface area contributed by atoms with Crippen LogP contribution < -0.4 is 4.74 Å². The zero-order chi connectivity index (χ0) is 14.8. The number of phenols is 1. The van der Waals surface area contributed by atoms with E-state index in [1.54, 1.807) is 25.1 Å². The number of benzene rings is 1. The van der Waals surface area contributed by atoms with Gasteiger partial charge in [-0.3, -0.25) is 9.69 Å². The number of carboxylic acids is 1. The molecule has 1 aliphatic rings. The van der Waals surface area contributed by atoms with E-state index in [0.29, 0.717) is 18.7 Å². The van der Waals surface area contributed by atoms with Crippen molar-refractivity contribution in [3.8, 4) is 11.5 Å². The highest BCUT2D eigenvalue weighted by Gasteiger charge is 2.41. The predicted molar refractivity (Wildman–Crippen MR) is 75.0 cm³/mol. The third-order valence-electron chi connectivity index (χ3n) is 4.12. The molecule has 1 aliphatic heterocycles. The van der Waals surface area contributed by atoms with Gasteiger partial charge in [-0.2, -0.15) is 0 Å². The fourth-order valence-corrected chi connectivity index (χ4v) is 2.71. The molecule has 0 saturated carbocycles. The normalized spacial score (nSPS) is 23.5. The fraction of sp³-hybridized carbons (Fsp3) is 0.533. The maximum Gasteiger partial charge on any atom is 0.323 e. The Bertz CT molecular complexity index is 503. The van der Waals surface area contributed by atoms with Crippen LogP contribution in [0.15, 0.2) is 18.2 Å². The molecule has 1 aromatic rings. The van der Waals surface area contributed by atoms with E-state index >= 15 is 0 Å². The first-order valence-electron chi connectivity index (χ1n) is 6.81. The Morgan fingerprint density at radius 3 is 2.85 bits per heavy atom. The summed E-state index contributed by atoms with van der Waals surface area (Å²) in [5.74, 6) is -0.268. The number of rotatable bonds is 4. The first kappa shape index (κ1) is 14.7. The Kier molecular flexibility index (Phi) is 4.18. The van der Waals surface area contributed by atoms with Crippen molar-refractivity contribution in [3.05, 3.63) is 23.8 Å². The van der Waals surface area contributed by atoms with E-state index in [4.69, 9.17) is 4.74 Å². The molecule has 5 heteroatoms. The second kappa shape index (κ2) is 5.71.